The van der Waals surface area contributed by atoms with Gasteiger partial charge in [-0.05, 0) is 6.07 Å². The minimum Gasteiger partial charge on any atom is -0.389 e. The van der Waals surface area contributed by atoms with E-state index in [1.807, 2.05) is 0 Å². The first-order chi connectivity index (χ1) is 8.09. The van der Waals surface area contributed by atoms with E-state index in [0.29, 0.717) is 11.4 Å². The highest BCUT2D eigenvalue weighted by Gasteiger charge is 2.12. The van der Waals surface area contributed by atoms with Gasteiger partial charge in [0.1, 0.15) is 4.99 Å². The van der Waals surface area contributed by atoms with Crippen LogP contribution < -0.4 is 11.5 Å². The van der Waals surface area contributed by atoms with Gasteiger partial charge < -0.3 is 11.5 Å². The summed E-state index contributed by atoms with van der Waals surface area (Å²) < 4.78 is 1.35. The molecule has 86 valence electrons. The molecule has 0 saturated heterocycles. The number of amides is 1. The van der Waals surface area contributed by atoms with Crippen molar-refractivity contribution in [3.05, 3.63) is 35.8 Å². The standard InChI is InChI=1S/C9H8N6OS/c10-7(16)5-3-13-15(4-5)9-6(8(11)17)1-2-12-14-9/h1-4H,(H2,10,16)(H2,11,17). The highest BCUT2D eigenvalue weighted by molar-refractivity contribution is 7.80. The van der Waals surface area contributed by atoms with Crippen molar-refractivity contribution in [3.8, 4) is 5.82 Å². The number of aromatic nitrogens is 4. The maximum Gasteiger partial charge on any atom is 0.251 e. The molecule has 4 N–H and O–H groups in total. The van der Waals surface area contributed by atoms with Crippen LogP contribution in [-0.2, 0) is 0 Å². The Morgan fingerprint density at radius 3 is 2.76 bits per heavy atom. The van der Waals surface area contributed by atoms with Crippen molar-refractivity contribution in [1.82, 2.24) is 20.0 Å². The molecule has 1 amide bonds. The van der Waals surface area contributed by atoms with E-state index in [1.165, 1.54) is 23.3 Å². The second-order valence-corrected chi connectivity index (χ2v) is 3.61. The fourth-order valence-electron chi connectivity index (χ4n) is 1.25. The number of hydrogen-bond donors (Lipinski definition) is 2. The Bertz CT molecular complexity index is 593. The zero-order valence-electron chi connectivity index (χ0n) is 8.57. The van der Waals surface area contributed by atoms with Gasteiger partial charge in [-0.2, -0.15) is 10.2 Å². The van der Waals surface area contributed by atoms with Gasteiger partial charge in [0.2, 0.25) is 0 Å². The van der Waals surface area contributed by atoms with Crippen molar-refractivity contribution in [2.45, 2.75) is 0 Å². The Hall–Kier alpha value is -2.35. The van der Waals surface area contributed by atoms with Crippen LogP contribution in [0.5, 0.6) is 0 Å². The summed E-state index contributed by atoms with van der Waals surface area (Å²) in [5.74, 6) is -0.218. The summed E-state index contributed by atoms with van der Waals surface area (Å²) in [6, 6.07) is 1.62. The number of nitrogens with zero attached hydrogens (tertiary/aromatic N) is 4. The molecule has 0 aromatic carbocycles. The molecule has 0 radical (unpaired) electrons. The number of rotatable bonds is 3. The number of carbonyl (C=O) groups excluding carboxylic acids is 1. The summed E-state index contributed by atoms with van der Waals surface area (Å²) in [5.41, 5.74) is 11.5. The zero-order valence-corrected chi connectivity index (χ0v) is 9.39. The van der Waals surface area contributed by atoms with Crippen LogP contribution in [0.25, 0.3) is 5.82 Å². The molecule has 8 heteroatoms. The fraction of sp³-hybridized carbons (Fsp3) is 0. The number of primary amides is 1. The molecule has 0 spiro atoms. The summed E-state index contributed by atoms with van der Waals surface area (Å²) >= 11 is 4.89. The molecule has 7 nitrogen and oxygen atoms in total. The third-order valence-electron chi connectivity index (χ3n) is 2.05. The van der Waals surface area contributed by atoms with Gasteiger partial charge in [0.15, 0.2) is 5.82 Å². The van der Waals surface area contributed by atoms with Crippen LogP contribution >= 0.6 is 12.2 Å². The van der Waals surface area contributed by atoms with Gasteiger partial charge in [-0.15, -0.1) is 5.10 Å². The predicted octanol–water partition coefficient (Wildman–Crippen LogP) is -0.605. The van der Waals surface area contributed by atoms with Crippen LogP contribution in [0.3, 0.4) is 0 Å². The number of thiocarbonyl (C=S) groups is 1. The average Bonchev–Trinajstić information content (AvgIpc) is 2.78. The van der Waals surface area contributed by atoms with E-state index in [2.05, 4.69) is 15.3 Å². The summed E-state index contributed by atoms with van der Waals surface area (Å²) in [6.45, 7) is 0. The van der Waals surface area contributed by atoms with E-state index in [0.717, 1.165) is 0 Å². The quantitative estimate of drug-likeness (QED) is 0.701. The summed E-state index contributed by atoms with van der Waals surface area (Å²) in [4.78, 5) is 11.1. The Morgan fingerprint density at radius 1 is 1.41 bits per heavy atom. The summed E-state index contributed by atoms with van der Waals surface area (Å²) in [6.07, 6.45) is 4.24. The van der Waals surface area contributed by atoms with Gasteiger partial charge in [0.25, 0.3) is 5.91 Å². The monoisotopic (exact) mass is 248 g/mol. The molecule has 0 unspecified atom stereocenters. The average molecular weight is 248 g/mol. The molecule has 17 heavy (non-hydrogen) atoms. The Balaban J connectivity index is 2.52. The van der Waals surface area contributed by atoms with Gasteiger partial charge in [0.05, 0.1) is 23.5 Å². The van der Waals surface area contributed by atoms with E-state index in [1.54, 1.807) is 6.07 Å². The largest absolute Gasteiger partial charge is 0.389 e. The van der Waals surface area contributed by atoms with Crippen LogP contribution in [0.15, 0.2) is 24.7 Å². The van der Waals surface area contributed by atoms with Crippen molar-refractivity contribution in [1.29, 1.82) is 0 Å². The molecule has 0 fully saturated rings. The Kier molecular flexibility index (Phi) is 2.79. The summed E-state index contributed by atoms with van der Waals surface area (Å²) in [7, 11) is 0. The predicted molar refractivity (Wildman–Crippen MR) is 63.6 cm³/mol. The van der Waals surface area contributed by atoms with Crippen LogP contribution in [-0.4, -0.2) is 30.9 Å². The molecule has 0 aliphatic heterocycles. The second kappa shape index (κ2) is 4.26. The molecule has 0 atom stereocenters. The Morgan fingerprint density at radius 2 is 2.18 bits per heavy atom. The molecule has 2 aromatic heterocycles. The summed E-state index contributed by atoms with van der Waals surface area (Å²) in [5, 5.41) is 11.5. The first-order valence-electron chi connectivity index (χ1n) is 4.56. The topological polar surface area (TPSA) is 113 Å². The lowest BCUT2D eigenvalue weighted by Crippen LogP contribution is -2.15. The van der Waals surface area contributed by atoms with Crippen molar-refractivity contribution in [2.75, 3.05) is 0 Å². The van der Waals surface area contributed by atoms with Crippen molar-refractivity contribution in [2.24, 2.45) is 11.5 Å². The molecule has 2 rings (SSSR count). The van der Waals surface area contributed by atoms with E-state index in [9.17, 15) is 4.79 Å². The van der Waals surface area contributed by atoms with Gasteiger partial charge in [0, 0.05) is 6.20 Å². The third-order valence-corrected chi connectivity index (χ3v) is 2.27. The van der Waals surface area contributed by atoms with Crippen LogP contribution in [0.4, 0.5) is 0 Å². The second-order valence-electron chi connectivity index (χ2n) is 3.17. The van der Waals surface area contributed by atoms with E-state index in [4.69, 9.17) is 23.7 Å². The lowest BCUT2D eigenvalue weighted by molar-refractivity contribution is 0.100. The van der Waals surface area contributed by atoms with Gasteiger partial charge >= 0.3 is 0 Å². The van der Waals surface area contributed by atoms with Crippen molar-refractivity contribution < 1.29 is 4.79 Å². The maximum absolute atomic E-state index is 10.9. The smallest absolute Gasteiger partial charge is 0.251 e. The first-order valence-corrected chi connectivity index (χ1v) is 4.97. The first kappa shape index (κ1) is 11.1. The van der Waals surface area contributed by atoms with E-state index in [-0.39, 0.29) is 10.6 Å². The van der Waals surface area contributed by atoms with Crippen LogP contribution in [0.1, 0.15) is 15.9 Å². The highest BCUT2D eigenvalue weighted by atomic mass is 32.1. The lowest BCUT2D eigenvalue weighted by Gasteiger charge is -2.04. The van der Waals surface area contributed by atoms with Crippen LogP contribution in [0.2, 0.25) is 0 Å². The number of nitrogens with two attached hydrogens (primary N) is 2. The molecule has 0 saturated carbocycles. The van der Waals surface area contributed by atoms with Gasteiger partial charge in [-0.25, -0.2) is 4.68 Å². The minimum atomic E-state index is -0.572. The fourth-order valence-corrected chi connectivity index (χ4v) is 1.41. The molecular weight excluding hydrogens is 240 g/mol. The van der Waals surface area contributed by atoms with Gasteiger partial charge in [-0.1, -0.05) is 12.2 Å². The Labute approximate surface area is 101 Å². The molecule has 2 heterocycles. The van der Waals surface area contributed by atoms with E-state index >= 15 is 0 Å². The number of hydrogen-bond acceptors (Lipinski definition) is 5. The normalized spacial score (nSPS) is 10.1. The molecular formula is C9H8N6OS. The highest BCUT2D eigenvalue weighted by Crippen LogP contribution is 2.10. The van der Waals surface area contributed by atoms with Crippen molar-refractivity contribution >= 4 is 23.1 Å². The molecule has 0 bridgehead atoms. The van der Waals surface area contributed by atoms with E-state index < -0.39 is 5.91 Å². The third kappa shape index (κ3) is 2.11. The molecule has 2 aromatic rings. The maximum atomic E-state index is 10.9. The lowest BCUT2D eigenvalue weighted by atomic mass is 10.3. The van der Waals surface area contributed by atoms with Gasteiger partial charge in [-0.3, -0.25) is 4.79 Å². The minimum absolute atomic E-state index is 0.172. The van der Waals surface area contributed by atoms with Crippen molar-refractivity contribution in [3.63, 3.8) is 0 Å². The number of carbonyl (C=O) groups is 1. The van der Waals surface area contributed by atoms with Crippen LogP contribution in [0, 0.1) is 0 Å². The SMILES string of the molecule is NC(=O)c1cnn(-c2nnccc2C(N)=S)c1. The molecule has 0 aliphatic carbocycles. The molecule has 0 aliphatic rings. The zero-order chi connectivity index (χ0) is 12.4.